The number of thioether (sulfide) groups is 1. The maximum Gasteiger partial charge on any atom is 0.172 e. The number of rotatable bonds is 7. The van der Waals surface area contributed by atoms with Crippen molar-refractivity contribution in [2.75, 3.05) is 0 Å². The van der Waals surface area contributed by atoms with Crippen LogP contribution in [0.3, 0.4) is 0 Å². The molecule has 1 unspecified atom stereocenters. The first kappa shape index (κ1) is 19.0. The minimum atomic E-state index is -0.103. The van der Waals surface area contributed by atoms with Crippen LogP contribution in [-0.2, 0) is 9.59 Å². The zero-order valence-corrected chi connectivity index (χ0v) is 16.2. The molecule has 0 amide bonds. The molecule has 2 rings (SSSR count). The third-order valence-electron chi connectivity index (χ3n) is 4.34. The monoisotopic (exact) mass is 344 g/mol. The summed E-state index contributed by atoms with van der Waals surface area (Å²) >= 11 is 1.54. The van der Waals surface area contributed by atoms with Crippen LogP contribution in [0.5, 0.6) is 0 Å². The summed E-state index contributed by atoms with van der Waals surface area (Å²) in [5, 5.41) is 0.268. The molecule has 0 fully saturated rings. The Balaban J connectivity index is 2.60. The number of benzene rings is 1. The van der Waals surface area contributed by atoms with Gasteiger partial charge in [0.1, 0.15) is 0 Å². The quantitative estimate of drug-likeness (QED) is 0.602. The molecule has 1 aliphatic carbocycles. The second-order valence-electron chi connectivity index (χ2n) is 7.04. The molecule has 0 aliphatic heterocycles. The van der Waals surface area contributed by atoms with Crippen LogP contribution in [0.1, 0.15) is 70.9 Å². The van der Waals surface area contributed by atoms with E-state index in [9.17, 15) is 9.59 Å². The summed E-state index contributed by atoms with van der Waals surface area (Å²) in [4.78, 5) is 26.7. The van der Waals surface area contributed by atoms with Gasteiger partial charge in [0.15, 0.2) is 11.6 Å². The Labute approximate surface area is 150 Å². The number of unbranched alkanes of at least 4 members (excludes halogenated alkanes) is 1. The molecule has 24 heavy (non-hydrogen) atoms. The van der Waals surface area contributed by atoms with E-state index in [-0.39, 0.29) is 28.7 Å². The summed E-state index contributed by atoms with van der Waals surface area (Å²) in [6.45, 7) is 10.1. The lowest BCUT2D eigenvalue weighted by atomic mass is 9.94. The fraction of sp³-hybridized carbons (Fsp3) is 0.524. The van der Waals surface area contributed by atoms with E-state index in [1.54, 1.807) is 0 Å². The van der Waals surface area contributed by atoms with Crippen molar-refractivity contribution >= 4 is 28.9 Å². The molecule has 3 heteroatoms. The van der Waals surface area contributed by atoms with Crippen molar-refractivity contribution < 1.29 is 9.59 Å². The smallest absolute Gasteiger partial charge is 0.172 e. The maximum atomic E-state index is 13.2. The Morgan fingerprint density at radius 2 is 1.83 bits per heavy atom. The largest absolute Gasteiger partial charge is 0.293 e. The van der Waals surface area contributed by atoms with Crippen molar-refractivity contribution in [1.82, 2.24) is 0 Å². The zero-order chi connectivity index (χ0) is 17.9. The van der Waals surface area contributed by atoms with E-state index in [1.165, 1.54) is 11.8 Å². The molecule has 0 spiro atoms. The van der Waals surface area contributed by atoms with Gasteiger partial charge < -0.3 is 0 Å². The number of carbonyl (C=O) groups excluding carboxylic acids is 2. The van der Waals surface area contributed by atoms with Gasteiger partial charge in [-0.25, -0.2) is 0 Å². The molecule has 0 saturated heterocycles. The van der Waals surface area contributed by atoms with E-state index in [2.05, 4.69) is 26.8 Å². The average Bonchev–Trinajstić information content (AvgIpc) is 2.81. The van der Waals surface area contributed by atoms with Crippen molar-refractivity contribution in [3.8, 4) is 0 Å². The van der Waals surface area contributed by atoms with Gasteiger partial charge in [0.05, 0.1) is 4.91 Å². The molecule has 0 saturated carbocycles. The molecule has 2 nitrogen and oxygen atoms in total. The van der Waals surface area contributed by atoms with E-state index in [0.717, 1.165) is 30.4 Å². The molecule has 0 bridgehead atoms. The predicted octanol–water partition coefficient (Wildman–Crippen LogP) is 5.62. The van der Waals surface area contributed by atoms with Gasteiger partial charge in [-0.2, -0.15) is 0 Å². The van der Waals surface area contributed by atoms with Crippen LogP contribution in [0.15, 0.2) is 29.2 Å². The highest BCUT2D eigenvalue weighted by Gasteiger charge is 2.38. The van der Waals surface area contributed by atoms with Gasteiger partial charge in [-0.05, 0) is 17.5 Å². The van der Waals surface area contributed by atoms with Crippen LogP contribution in [0.2, 0.25) is 0 Å². The van der Waals surface area contributed by atoms with Gasteiger partial charge in [0, 0.05) is 22.7 Å². The molecule has 0 N–H and O–H groups in total. The highest BCUT2D eigenvalue weighted by molar-refractivity contribution is 8.04. The second-order valence-corrected chi connectivity index (χ2v) is 8.62. The Hall–Kier alpha value is -1.35. The average molecular weight is 345 g/mol. The van der Waals surface area contributed by atoms with Gasteiger partial charge in [-0.1, -0.05) is 71.7 Å². The Bertz CT molecular complexity index is 656. The minimum absolute atomic E-state index is 0.0844. The van der Waals surface area contributed by atoms with Crippen molar-refractivity contribution in [2.45, 2.75) is 65.0 Å². The van der Waals surface area contributed by atoms with E-state index < -0.39 is 0 Å². The van der Waals surface area contributed by atoms with Crippen molar-refractivity contribution in [2.24, 2.45) is 5.92 Å². The number of Topliss-reactive ketones (excluding diaryl/α,β-unsaturated/α-hetero) is 2. The third kappa shape index (κ3) is 3.83. The van der Waals surface area contributed by atoms with Gasteiger partial charge >= 0.3 is 0 Å². The minimum Gasteiger partial charge on any atom is -0.293 e. The summed E-state index contributed by atoms with van der Waals surface area (Å²) in [6, 6.07) is 8.01. The molecule has 1 atom stereocenters. The molecule has 0 heterocycles. The van der Waals surface area contributed by atoms with Crippen molar-refractivity contribution in [3.63, 3.8) is 0 Å². The SMILES string of the molecule is CCCCC1C(=O)/C(=C(\SC(C)C)C(=O)C(C)C)c2ccccc21. The van der Waals surface area contributed by atoms with Crippen LogP contribution < -0.4 is 0 Å². The van der Waals surface area contributed by atoms with Crippen molar-refractivity contribution in [1.29, 1.82) is 0 Å². The standard InChI is InChI=1S/C21H28O2S/c1-6-7-10-17-15-11-8-9-12-16(15)18(20(17)23)21(24-14(4)5)19(22)13(2)3/h8-9,11-14,17H,6-7,10H2,1-5H3/b21-18-. The predicted molar refractivity (Wildman–Crippen MR) is 103 cm³/mol. The Morgan fingerprint density at radius 3 is 2.42 bits per heavy atom. The Morgan fingerprint density at radius 1 is 1.17 bits per heavy atom. The van der Waals surface area contributed by atoms with Crippen LogP contribution in [0.4, 0.5) is 0 Å². The zero-order valence-electron chi connectivity index (χ0n) is 15.4. The number of carbonyl (C=O) groups is 2. The van der Waals surface area contributed by atoms with Gasteiger partial charge in [-0.3, -0.25) is 9.59 Å². The molecule has 0 aromatic heterocycles. The molecule has 1 aliphatic rings. The van der Waals surface area contributed by atoms with Crippen LogP contribution in [0.25, 0.3) is 5.57 Å². The Kier molecular flexibility index (Phi) is 6.45. The normalized spacial score (nSPS) is 19.1. The molecular weight excluding hydrogens is 316 g/mol. The van der Waals surface area contributed by atoms with E-state index in [4.69, 9.17) is 0 Å². The first-order valence-corrected chi connectivity index (χ1v) is 9.85. The first-order valence-electron chi connectivity index (χ1n) is 8.97. The van der Waals surface area contributed by atoms with E-state index >= 15 is 0 Å². The molecule has 0 radical (unpaired) electrons. The lowest BCUT2D eigenvalue weighted by Crippen LogP contribution is -2.15. The number of ketones is 2. The number of allylic oxidation sites excluding steroid dienone is 2. The second kappa shape index (κ2) is 8.15. The van der Waals surface area contributed by atoms with Gasteiger partial charge in [0.25, 0.3) is 0 Å². The van der Waals surface area contributed by atoms with E-state index in [1.807, 2.05) is 32.0 Å². The van der Waals surface area contributed by atoms with E-state index in [0.29, 0.717) is 10.5 Å². The molecule has 1 aromatic carbocycles. The lowest BCUT2D eigenvalue weighted by molar-refractivity contribution is -0.118. The van der Waals surface area contributed by atoms with Crippen LogP contribution >= 0.6 is 11.8 Å². The van der Waals surface area contributed by atoms with Crippen LogP contribution in [0, 0.1) is 5.92 Å². The number of hydrogen-bond donors (Lipinski definition) is 0. The number of fused-ring (bicyclic) bond motifs is 1. The van der Waals surface area contributed by atoms with Gasteiger partial charge in [-0.15, -0.1) is 11.8 Å². The third-order valence-corrected chi connectivity index (χ3v) is 5.46. The lowest BCUT2D eigenvalue weighted by Gasteiger charge is -2.15. The van der Waals surface area contributed by atoms with Crippen molar-refractivity contribution in [3.05, 3.63) is 40.3 Å². The van der Waals surface area contributed by atoms with Gasteiger partial charge in [0.2, 0.25) is 0 Å². The number of hydrogen-bond acceptors (Lipinski definition) is 3. The fourth-order valence-electron chi connectivity index (χ4n) is 3.14. The first-order chi connectivity index (χ1) is 11.4. The summed E-state index contributed by atoms with van der Waals surface area (Å²) in [5.41, 5.74) is 2.74. The molecular formula is C21H28O2S. The van der Waals surface area contributed by atoms with Crippen LogP contribution in [-0.4, -0.2) is 16.8 Å². The summed E-state index contributed by atoms with van der Waals surface area (Å²) < 4.78 is 0. The summed E-state index contributed by atoms with van der Waals surface area (Å²) in [5.74, 6) is 0.0390. The summed E-state index contributed by atoms with van der Waals surface area (Å²) in [6.07, 6.45) is 2.97. The fourth-order valence-corrected chi connectivity index (χ4v) is 4.30. The highest BCUT2D eigenvalue weighted by Crippen LogP contribution is 2.45. The molecule has 1 aromatic rings. The molecule has 130 valence electrons. The topological polar surface area (TPSA) is 34.1 Å². The summed E-state index contributed by atoms with van der Waals surface area (Å²) in [7, 11) is 0. The highest BCUT2D eigenvalue weighted by atomic mass is 32.2. The maximum absolute atomic E-state index is 13.2.